The quantitative estimate of drug-likeness (QED) is 0.672. The molecule has 88 valence electrons. The Balaban J connectivity index is 2.74. The first kappa shape index (κ1) is 12.1. The number of nitrogens with one attached hydrogen (secondary N) is 1. The Hall–Kier alpha value is -1.98. The van der Waals surface area contributed by atoms with Gasteiger partial charge >= 0.3 is 6.09 Å². The van der Waals surface area contributed by atoms with E-state index in [0.717, 1.165) is 0 Å². The van der Waals surface area contributed by atoms with Gasteiger partial charge in [0.15, 0.2) is 0 Å². The second kappa shape index (κ2) is 4.26. The van der Waals surface area contributed by atoms with Gasteiger partial charge in [-0.3, -0.25) is 5.32 Å². The molecule has 1 aromatic rings. The highest BCUT2D eigenvalue weighted by Gasteiger charge is 2.17. The number of rotatable bonds is 1. The first-order valence-electron chi connectivity index (χ1n) is 4.79. The summed E-state index contributed by atoms with van der Waals surface area (Å²) in [6.07, 6.45) is 0.878. The fraction of sp³-hybridized carbons (Fsp3) is 0.400. The maximum Gasteiger partial charge on any atom is 0.412 e. The Bertz CT molecular complexity index is 398. The number of hydrogen-bond acceptors (Lipinski definition) is 5. The second-order valence-corrected chi connectivity index (χ2v) is 4.28. The minimum atomic E-state index is -0.579. The van der Waals surface area contributed by atoms with E-state index in [1.165, 1.54) is 6.20 Å². The lowest BCUT2D eigenvalue weighted by Gasteiger charge is -2.20. The molecule has 6 nitrogen and oxygen atoms in total. The molecular weight excluding hydrogens is 208 g/mol. The van der Waals surface area contributed by atoms with Gasteiger partial charge in [-0.15, -0.1) is 0 Å². The summed E-state index contributed by atoms with van der Waals surface area (Å²) in [6, 6.07) is 1.55. The molecule has 0 saturated carbocycles. The van der Waals surface area contributed by atoms with Gasteiger partial charge in [0.1, 0.15) is 11.4 Å². The SMILES string of the molecule is CC(C)(C)OC(=O)Nc1ccnc(N)c1N. The van der Waals surface area contributed by atoms with Crippen molar-refractivity contribution in [1.82, 2.24) is 4.98 Å². The van der Waals surface area contributed by atoms with Gasteiger partial charge in [0.25, 0.3) is 0 Å². The number of ether oxygens (including phenoxy) is 1. The maximum atomic E-state index is 11.4. The van der Waals surface area contributed by atoms with Crippen molar-refractivity contribution in [2.45, 2.75) is 26.4 Å². The molecule has 16 heavy (non-hydrogen) atoms. The highest BCUT2D eigenvalue weighted by Crippen LogP contribution is 2.22. The summed E-state index contributed by atoms with van der Waals surface area (Å²) in [6.45, 7) is 5.32. The average Bonchev–Trinajstić information content (AvgIpc) is 2.09. The van der Waals surface area contributed by atoms with Crippen molar-refractivity contribution in [3.63, 3.8) is 0 Å². The highest BCUT2D eigenvalue weighted by atomic mass is 16.6. The van der Waals surface area contributed by atoms with Crippen LogP contribution >= 0.6 is 0 Å². The Morgan fingerprint density at radius 3 is 2.62 bits per heavy atom. The number of nitrogen functional groups attached to an aromatic ring is 2. The summed E-state index contributed by atoms with van der Waals surface area (Å²) in [5, 5.41) is 2.50. The zero-order valence-corrected chi connectivity index (χ0v) is 9.57. The summed E-state index contributed by atoms with van der Waals surface area (Å²) in [7, 11) is 0. The van der Waals surface area contributed by atoms with Crippen LogP contribution in [0.5, 0.6) is 0 Å². The predicted octanol–water partition coefficient (Wildman–Crippen LogP) is 1.59. The summed E-state index contributed by atoms with van der Waals surface area (Å²) in [5.41, 5.74) is 11.2. The molecular formula is C10H16N4O2. The van der Waals surface area contributed by atoms with E-state index in [9.17, 15) is 4.79 Å². The number of amides is 1. The van der Waals surface area contributed by atoms with Crippen LogP contribution in [0.4, 0.5) is 22.0 Å². The fourth-order valence-electron chi connectivity index (χ4n) is 1.01. The van der Waals surface area contributed by atoms with Crippen molar-refractivity contribution < 1.29 is 9.53 Å². The summed E-state index contributed by atoms with van der Waals surface area (Å²) in [5.74, 6) is 0.175. The van der Waals surface area contributed by atoms with Crippen molar-refractivity contribution in [3.8, 4) is 0 Å². The lowest BCUT2D eigenvalue weighted by molar-refractivity contribution is 0.0636. The van der Waals surface area contributed by atoms with E-state index < -0.39 is 11.7 Å². The van der Waals surface area contributed by atoms with E-state index in [4.69, 9.17) is 16.2 Å². The van der Waals surface area contributed by atoms with Gasteiger partial charge in [0.2, 0.25) is 0 Å². The van der Waals surface area contributed by atoms with Gasteiger partial charge in [0.05, 0.1) is 11.4 Å². The van der Waals surface area contributed by atoms with Crippen molar-refractivity contribution in [1.29, 1.82) is 0 Å². The Kier molecular flexibility index (Phi) is 3.22. The molecule has 6 heteroatoms. The lowest BCUT2D eigenvalue weighted by Crippen LogP contribution is -2.27. The molecule has 5 N–H and O–H groups in total. The molecule has 0 aliphatic rings. The zero-order valence-electron chi connectivity index (χ0n) is 9.57. The number of carbonyl (C=O) groups excluding carboxylic acids is 1. The molecule has 0 saturated heterocycles. The van der Waals surface area contributed by atoms with Crippen molar-refractivity contribution in [2.24, 2.45) is 0 Å². The first-order valence-corrected chi connectivity index (χ1v) is 4.79. The van der Waals surface area contributed by atoms with E-state index in [-0.39, 0.29) is 11.5 Å². The highest BCUT2D eigenvalue weighted by molar-refractivity contribution is 5.91. The third kappa shape index (κ3) is 3.30. The molecule has 1 heterocycles. The monoisotopic (exact) mass is 224 g/mol. The first-order chi connectivity index (χ1) is 7.29. The largest absolute Gasteiger partial charge is 0.444 e. The second-order valence-electron chi connectivity index (χ2n) is 4.28. The molecule has 0 unspecified atom stereocenters. The molecule has 0 aliphatic carbocycles. The van der Waals surface area contributed by atoms with E-state index in [0.29, 0.717) is 5.69 Å². The number of aromatic nitrogens is 1. The third-order valence-corrected chi connectivity index (χ3v) is 1.66. The molecule has 0 aromatic carbocycles. The molecule has 1 aromatic heterocycles. The van der Waals surface area contributed by atoms with Gasteiger partial charge in [-0.2, -0.15) is 0 Å². The van der Waals surface area contributed by atoms with Crippen molar-refractivity contribution in [2.75, 3.05) is 16.8 Å². The topological polar surface area (TPSA) is 103 Å². The Labute approximate surface area is 94.0 Å². The maximum absolute atomic E-state index is 11.4. The molecule has 0 atom stereocenters. The van der Waals surface area contributed by atoms with E-state index in [1.54, 1.807) is 26.8 Å². The number of nitrogens with two attached hydrogens (primary N) is 2. The van der Waals surface area contributed by atoms with E-state index >= 15 is 0 Å². The molecule has 0 radical (unpaired) electrons. The number of nitrogens with zero attached hydrogens (tertiary/aromatic N) is 1. The summed E-state index contributed by atoms with van der Waals surface area (Å²) in [4.78, 5) is 15.2. The van der Waals surface area contributed by atoms with Crippen molar-refractivity contribution >= 4 is 23.3 Å². The number of carbonyl (C=O) groups is 1. The Morgan fingerprint density at radius 2 is 2.06 bits per heavy atom. The minimum absolute atomic E-state index is 0.175. The van der Waals surface area contributed by atoms with E-state index in [1.807, 2.05) is 0 Å². The van der Waals surface area contributed by atoms with Gasteiger partial charge in [0, 0.05) is 6.20 Å². The molecule has 0 bridgehead atoms. The molecule has 0 aliphatic heterocycles. The van der Waals surface area contributed by atoms with Crippen LogP contribution in [0.25, 0.3) is 0 Å². The Morgan fingerprint density at radius 1 is 1.44 bits per heavy atom. The van der Waals surface area contributed by atoms with Gasteiger partial charge in [-0.25, -0.2) is 9.78 Å². The van der Waals surface area contributed by atoms with Crippen LogP contribution in [0.3, 0.4) is 0 Å². The number of hydrogen-bond donors (Lipinski definition) is 3. The molecule has 1 amide bonds. The average molecular weight is 224 g/mol. The summed E-state index contributed by atoms with van der Waals surface area (Å²) >= 11 is 0. The fourth-order valence-corrected chi connectivity index (χ4v) is 1.01. The van der Waals surface area contributed by atoms with Crippen LogP contribution in [0.1, 0.15) is 20.8 Å². The van der Waals surface area contributed by atoms with Gasteiger partial charge in [-0.05, 0) is 26.8 Å². The van der Waals surface area contributed by atoms with Crippen LogP contribution in [0.2, 0.25) is 0 Å². The molecule has 1 rings (SSSR count). The normalized spacial score (nSPS) is 10.9. The molecule has 0 fully saturated rings. The van der Waals surface area contributed by atoms with Crippen LogP contribution in [0.15, 0.2) is 12.3 Å². The zero-order chi connectivity index (χ0) is 12.3. The number of anilines is 3. The lowest BCUT2D eigenvalue weighted by atomic mass is 10.2. The van der Waals surface area contributed by atoms with Crippen LogP contribution in [-0.2, 0) is 4.74 Å². The molecule has 0 spiro atoms. The third-order valence-electron chi connectivity index (χ3n) is 1.66. The van der Waals surface area contributed by atoms with Gasteiger partial charge in [-0.1, -0.05) is 0 Å². The van der Waals surface area contributed by atoms with Crippen LogP contribution in [-0.4, -0.2) is 16.7 Å². The van der Waals surface area contributed by atoms with E-state index in [2.05, 4.69) is 10.3 Å². The summed E-state index contributed by atoms with van der Waals surface area (Å²) < 4.78 is 5.07. The predicted molar refractivity (Wildman–Crippen MR) is 62.9 cm³/mol. The van der Waals surface area contributed by atoms with Crippen molar-refractivity contribution in [3.05, 3.63) is 12.3 Å². The smallest absolute Gasteiger partial charge is 0.412 e. The van der Waals surface area contributed by atoms with Crippen LogP contribution < -0.4 is 16.8 Å². The van der Waals surface area contributed by atoms with Crippen LogP contribution in [0, 0.1) is 0 Å². The standard InChI is InChI=1S/C10H16N4O2/c1-10(2,3)16-9(15)14-6-4-5-13-8(12)7(6)11/h4-5H,11H2,1-3H3,(H3,12,13,14,15). The van der Waals surface area contributed by atoms with Gasteiger partial charge < -0.3 is 16.2 Å². The number of pyridine rings is 1. The minimum Gasteiger partial charge on any atom is -0.444 e.